The minimum absolute atomic E-state index is 0.0491. The fourth-order valence-electron chi connectivity index (χ4n) is 2.30. The fraction of sp³-hybridized carbons (Fsp3) is 0.533. The van der Waals surface area contributed by atoms with E-state index >= 15 is 0 Å². The molecule has 1 atom stereocenters. The van der Waals surface area contributed by atoms with Crippen LogP contribution in [0.2, 0.25) is 0 Å². The first kappa shape index (κ1) is 16.8. The lowest BCUT2D eigenvalue weighted by atomic mass is 10.1. The number of carbonyl (C=O) groups excluding carboxylic acids is 1. The van der Waals surface area contributed by atoms with Gasteiger partial charge in [0.15, 0.2) is 11.6 Å². The first-order chi connectivity index (χ1) is 10.6. The van der Waals surface area contributed by atoms with E-state index in [-0.39, 0.29) is 25.1 Å². The molecule has 1 heterocycles. The van der Waals surface area contributed by atoms with Gasteiger partial charge in [-0.05, 0) is 17.7 Å². The summed E-state index contributed by atoms with van der Waals surface area (Å²) >= 11 is 0. The van der Waals surface area contributed by atoms with Crippen LogP contribution in [-0.2, 0) is 14.3 Å². The van der Waals surface area contributed by atoms with Crippen molar-refractivity contribution >= 4 is 5.91 Å². The maximum Gasteiger partial charge on any atom is 0.236 e. The molecular formula is C15H20F2N2O3. The number of ether oxygens (including phenoxy) is 2. The summed E-state index contributed by atoms with van der Waals surface area (Å²) in [6.07, 6.45) is 0. The van der Waals surface area contributed by atoms with Crippen LogP contribution in [0, 0.1) is 11.6 Å². The number of methoxy groups -OCH3 is 1. The van der Waals surface area contributed by atoms with E-state index < -0.39 is 11.6 Å². The number of morpholine rings is 1. The van der Waals surface area contributed by atoms with E-state index in [0.717, 1.165) is 12.1 Å². The maximum atomic E-state index is 13.3. The standard InChI is InChI=1S/C15H20F2N2O3/c1-21-10-14(11-2-3-12(16)13(17)8-11)18-9-15(20)19-4-6-22-7-5-19/h2-3,8,14,18H,4-7,9-10H2,1H3/t14-/m0/s1. The molecule has 1 aliphatic rings. The highest BCUT2D eigenvalue weighted by Gasteiger charge is 2.19. The van der Waals surface area contributed by atoms with Crippen molar-refractivity contribution in [2.75, 3.05) is 46.6 Å². The van der Waals surface area contributed by atoms with Crippen molar-refractivity contribution in [3.05, 3.63) is 35.4 Å². The summed E-state index contributed by atoms with van der Waals surface area (Å²) in [5.74, 6) is -1.86. The van der Waals surface area contributed by atoms with Gasteiger partial charge in [-0.25, -0.2) is 8.78 Å². The highest BCUT2D eigenvalue weighted by Crippen LogP contribution is 2.16. The molecule has 1 aromatic rings. The summed E-state index contributed by atoms with van der Waals surface area (Å²) in [7, 11) is 1.51. The number of carbonyl (C=O) groups is 1. The van der Waals surface area contributed by atoms with Crippen molar-refractivity contribution in [1.82, 2.24) is 10.2 Å². The van der Waals surface area contributed by atoms with Crippen LogP contribution in [0.3, 0.4) is 0 Å². The Morgan fingerprint density at radius 2 is 2.09 bits per heavy atom. The van der Waals surface area contributed by atoms with E-state index in [1.807, 2.05) is 0 Å². The second-order valence-electron chi connectivity index (χ2n) is 5.06. The van der Waals surface area contributed by atoms with Gasteiger partial charge in [-0.1, -0.05) is 6.07 Å². The smallest absolute Gasteiger partial charge is 0.236 e. The molecule has 7 heteroatoms. The van der Waals surface area contributed by atoms with Crippen molar-refractivity contribution in [2.45, 2.75) is 6.04 Å². The van der Waals surface area contributed by atoms with Crippen molar-refractivity contribution in [3.63, 3.8) is 0 Å². The predicted molar refractivity (Wildman–Crippen MR) is 76.4 cm³/mol. The molecule has 0 aliphatic carbocycles. The number of nitrogens with one attached hydrogen (secondary N) is 1. The molecule has 0 unspecified atom stereocenters. The zero-order chi connectivity index (χ0) is 15.9. The van der Waals surface area contributed by atoms with Gasteiger partial charge in [0, 0.05) is 20.2 Å². The molecule has 0 radical (unpaired) electrons. The van der Waals surface area contributed by atoms with Crippen LogP contribution in [0.1, 0.15) is 11.6 Å². The van der Waals surface area contributed by atoms with E-state index in [4.69, 9.17) is 9.47 Å². The highest BCUT2D eigenvalue weighted by atomic mass is 19.2. The summed E-state index contributed by atoms with van der Waals surface area (Å²) < 4.78 is 36.6. The van der Waals surface area contributed by atoms with Crippen molar-refractivity contribution in [3.8, 4) is 0 Å². The van der Waals surface area contributed by atoms with Gasteiger partial charge >= 0.3 is 0 Å². The number of halogens is 2. The Hall–Kier alpha value is -1.57. The van der Waals surface area contributed by atoms with E-state index in [9.17, 15) is 13.6 Å². The normalized spacial score (nSPS) is 16.6. The van der Waals surface area contributed by atoms with Crippen LogP contribution in [-0.4, -0.2) is 57.4 Å². The minimum Gasteiger partial charge on any atom is -0.383 e. The van der Waals surface area contributed by atoms with Crippen LogP contribution in [0.4, 0.5) is 8.78 Å². The summed E-state index contributed by atoms with van der Waals surface area (Å²) in [4.78, 5) is 13.8. The van der Waals surface area contributed by atoms with Gasteiger partial charge in [0.2, 0.25) is 5.91 Å². The van der Waals surface area contributed by atoms with Gasteiger partial charge in [-0.15, -0.1) is 0 Å². The maximum absolute atomic E-state index is 13.3. The molecule has 0 bridgehead atoms. The molecule has 0 aromatic heterocycles. The molecule has 22 heavy (non-hydrogen) atoms. The number of rotatable bonds is 6. The number of nitrogens with zero attached hydrogens (tertiary/aromatic N) is 1. The number of hydrogen-bond donors (Lipinski definition) is 1. The van der Waals surface area contributed by atoms with Crippen LogP contribution in [0.25, 0.3) is 0 Å². The molecule has 1 saturated heterocycles. The van der Waals surface area contributed by atoms with Gasteiger partial charge in [-0.2, -0.15) is 0 Å². The third-order valence-corrected chi connectivity index (χ3v) is 3.54. The second kappa shape index (κ2) is 8.17. The molecule has 5 nitrogen and oxygen atoms in total. The lowest BCUT2D eigenvalue weighted by molar-refractivity contribution is -0.134. The molecule has 1 fully saturated rings. The first-order valence-corrected chi connectivity index (χ1v) is 7.14. The molecule has 1 aromatic carbocycles. The van der Waals surface area contributed by atoms with Crippen LogP contribution >= 0.6 is 0 Å². The quantitative estimate of drug-likeness (QED) is 0.854. The Balaban J connectivity index is 1.96. The summed E-state index contributed by atoms with van der Waals surface area (Å²) in [6.45, 7) is 2.57. The molecule has 122 valence electrons. The molecule has 1 aliphatic heterocycles. The topological polar surface area (TPSA) is 50.8 Å². The third-order valence-electron chi connectivity index (χ3n) is 3.54. The fourth-order valence-corrected chi connectivity index (χ4v) is 2.30. The minimum atomic E-state index is -0.917. The lowest BCUT2D eigenvalue weighted by Gasteiger charge is -2.28. The SMILES string of the molecule is COC[C@H](NCC(=O)N1CCOCC1)c1ccc(F)c(F)c1. The molecule has 1 N–H and O–H groups in total. The predicted octanol–water partition coefficient (Wildman–Crippen LogP) is 1.10. The number of hydrogen-bond acceptors (Lipinski definition) is 4. The van der Waals surface area contributed by atoms with Gasteiger partial charge in [-0.3, -0.25) is 10.1 Å². The highest BCUT2D eigenvalue weighted by molar-refractivity contribution is 5.78. The van der Waals surface area contributed by atoms with Crippen LogP contribution in [0.15, 0.2) is 18.2 Å². The molecule has 2 rings (SSSR count). The Bertz CT molecular complexity index is 508. The average molecular weight is 314 g/mol. The Kier molecular flexibility index (Phi) is 6.23. The molecule has 0 saturated carbocycles. The largest absolute Gasteiger partial charge is 0.383 e. The molecule has 0 spiro atoms. The Morgan fingerprint density at radius 3 is 2.73 bits per heavy atom. The van der Waals surface area contributed by atoms with Crippen LogP contribution in [0.5, 0.6) is 0 Å². The summed E-state index contributed by atoms with van der Waals surface area (Å²) in [5, 5.41) is 3.03. The third kappa shape index (κ3) is 4.46. The van der Waals surface area contributed by atoms with Gasteiger partial charge < -0.3 is 14.4 Å². The molecule has 1 amide bonds. The zero-order valence-electron chi connectivity index (χ0n) is 12.5. The zero-order valence-corrected chi connectivity index (χ0v) is 12.5. The average Bonchev–Trinajstić information content (AvgIpc) is 2.54. The monoisotopic (exact) mass is 314 g/mol. The van der Waals surface area contributed by atoms with E-state index in [0.29, 0.717) is 31.9 Å². The Morgan fingerprint density at radius 1 is 1.36 bits per heavy atom. The summed E-state index contributed by atoms with van der Waals surface area (Å²) in [6, 6.07) is 3.28. The van der Waals surface area contributed by atoms with E-state index in [2.05, 4.69) is 5.32 Å². The van der Waals surface area contributed by atoms with Crippen molar-refractivity contribution in [1.29, 1.82) is 0 Å². The Labute approximate surface area is 128 Å². The van der Waals surface area contributed by atoms with Crippen LogP contribution < -0.4 is 5.32 Å². The first-order valence-electron chi connectivity index (χ1n) is 7.14. The van der Waals surface area contributed by atoms with Gasteiger partial charge in [0.25, 0.3) is 0 Å². The van der Waals surface area contributed by atoms with E-state index in [1.54, 1.807) is 4.90 Å². The second-order valence-corrected chi connectivity index (χ2v) is 5.06. The molecular weight excluding hydrogens is 294 g/mol. The van der Waals surface area contributed by atoms with Gasteiger partial charge in [0.05, 0.1) is 32.4 Å². The summed E-state index contributed by atoms with van der Waals surface area (Å²) in [5.41, 5.74) is 0.538. The van der Waals surface area contributed by atoms with Crippen molar-refractivity contribution in [2.24, 2.45) is 0 Å². The van der Waals surface area contributed by atoms with Gasteiger partial charge in [0.1, 0.15) is 0 Å². The number of amides is 1. The van der Waals surface area contributed by atoms with Crippen molar-refractivity contribution < 1.29 is 23.0 Å². The lowest BCUT2D eigenvalue weighted by Crippen LogP contribution is -2.45. The number of benzene rings is 1. The van der Waals surface area contributed by atoms with E-state index in [1.165, 1.54) is 13.2 Å².